The minimum atomic E-state index is -1.26. The Labute approximate surface area is 149 Å². The Hall–Kier alpha value is -2.86. The minimum Gasteiger partial charge on any atom is -0.545 e. The normalized spacial score (nSPS) is 17.5. The van der Waals surface area contributed by atoms with Gasteiger partial charge in [-0.25, -0.2) is 4.99 Å². The molecule has 0 radical (unpaired) electrons. The highest BCUT2D eigenvalue weighted by molar-refractivity contribution is 8.18. The average Bonchev–Trinajstić information content (AvgIpc) is 2.85. The van der Waals surface area contributed by atoms with Crippen LogP contribution in [0.2, 0.25) is 0 Å². The first-order chi connectivity index (χ1) is 11.9. The van der Waals surface area contributed by atoms with Gasteiger partial charge in [0.05, 0.1) is 16.6 Å². The second-order valence-corrected chi connectivity index (χ2v) is 6.63. The van der Waals surface area contributed by atoms with Crippen LogP contribution in [0.15, 0.2) is 58.4 Å². The minimum absolute atomic E-state index is 0.0502. The Bertz CT molecular complexity index is 901. The molecule has 1 fully saturated rings. The monoisotopic (exact) mass is 351 g/mol. The third-order valence-corrected chi connectivity index (χ3v) is 4.75. The number of aromatic carboxylic acids is 1. The molecule has 1 aliphatic rings. The predicted molar refractivity (Wildman–Crippen MR) is 97.4 cm³/mol. The first-order valence-corrected chi connectivity index (χ1v) is 8.40. The third kappa shape index (κ3) is 3.80. The fourth-order valence-corrected chi connectivity index (χ4v) is 3.27. The van der Waals surface area contributed by atoms with Gasteiger partial charge in [-0.1, -0.05) is 42.0 Å². The van der Waals surface area contributed by atoms with E-state index in [2.05, 4.69) is 4.99 Å². The number of hydrogen-bond donors (Lipinski definition) is 0. The van der Waals surface area contributed by atoms with Gasteiger partial charge in [0, 0.05) is 7.05 Å². The first kappa shape index (κ1) is 17.0. The highest BCUT2D eigenvalue weighted by Crippen LogP contribution is 2.33. The molecule has 0 unspecified atom stereocenters. The van der Waals surface area contributed by atoms with E-state index in [4.69, 9.17) is 0 Å². The van der Waals surface area contributed by atoms with Crippen LogP contribution in [0.25, 0.3) is 6.08 Å². The summed E-state index contributed by atoms with van der Waals surface area (Å²) >= 11 is 1.26. The van der Waals surface area contributed by atoms with Crippen molar-refractivity contribution in [1.29, 1.82) is 0 Å². The van der Waals surface area contributed by atoms with Gasteiger partial charge in [-0.3, -0.25) is 9.69 Å². The zero-order valence-electron chi connectivity index (χ0n) is 13.7. The number of nitrogens with zero attached hydrogens (tertiary/aromatic N) is 2. The maximum atomic E-state index is 12.4. The molecule has 1 saturated heterocycles. The number of aliphatic imine (C=N–C) groups is 1. The highest BCUT2D eigenvalue weighted by atomic mass is 32.2. The Morgan fingerprint density at radius 1 is 1.20 bits per heavy atom. The molecule has 0 saturated carbocycles. The lowest BCUT2D eigenvalue weighted by Crippen LogP contribution is -2.23. The van der Waals surface area contributed by atoms with Crippen molar-refractivity contribution in [3.05, 3.63) is 70.1 Å². The summed E-state index contributed by atoms with van der Waals surface area (Å²) in [5.74, 6) is -1.40. The van der Waals surface area contributed by atoms with E-state index < -0.39 is 5.97 Å². The number of carbonyl (C=O) groups is 2. The van der Waals surface area contributed by atoms with Crippen molar-refractivity contribution in [3.8, 4) is 0 Å². The Morgan fingerprint density at radius 2 is 1.92 bits per heavy atom. The third-order valence-electron chi connectivity index (χ3n) is 3.69. The topological polar surface area (TPSA) is 72.8 Å². The lowest BCUT2D eigenvalue weighted by molar-refractivity contribution is -0.255. The average molecular weight is 351 g/mol. The summed E-state index contributed by atoms with van der Waals surface area (Å²) in [6.45, 7) is 2.01. The molecule has 0 N–H and O–H groups in total. The highest BCUT2D eigenvalue weighted by Gasteiger charge is 2.30. The van der Waals surface area contributed by atoms with Crippen LogP contribution in [0.4, 0.5) is 5.69 Å². The van der Waals surface area contributed by atoms with Crippen LogP contribution in [0.5, 0.6) is 0 Å². The van der Waals surface area contributed by atoms with Gasteiger partial charge in [0.1, 0.15) is 0 Å². The maximum absolute atomic E-state index is 12.4. The van der Waals surface area contributed by atoms with E-state index in [1.165, 1.54) is 28.8 Å². The molecule has 2 aromatic rings. The van der Waals surface area contributed by atoms with Crippen molar-refractivity contribution in [2.75, 3.05) is 7.05 Å². The van der Waals surface area contributed by atoms with E-state index >= 15 is 0 Å². The molecule has 1 aliphatic heterocycles. The van der Waals surface area contributed by atoms with Crippen molar-refractivity contribution in [2.24, 2.45) is 4.99 Å². The maximum Gasteiger partial charge on any atom is 0.266 e. The molecule has 2 aromatic carbocycles. The van der Waals surface area contributed by atoms with Crippen LogP contribution in [0, 0.1) is 6.92 Å². The summed E-state index contributed by atoms with van der Waals surface area (Å²) < 4.78 is 0. The number of carbonyl (C=O) groups excluding carboxylic acids is 2. The number of thioether (sulfide) groups is 1. The van der Waals surface area contributed by atoms with E-state index in [9.17, 15) is 14.7 Å². The van der Waals surface area contributed by atoms with Crippen LogP contribution >= 0.6 is 11.8 Å². The van der Waals surface area contributed by atoms with Crippen LogP contribution in [0.1, 0.15) is 21.5 Å². The Kier molecular flexibility index (Phi) is 4.72. The molecule has 0 aliphatic carbocycles. The molecule has 3 rings (SSSR count). The number of likely N-dealkylation sites (N-methyl/N-ethyl adjacent to an activating group) is 1. The molecule has 126 valence electrons. The summed E-state index contributed by atoms with van der Waals surface area (Å²) in [7, 11) is 1.65. The van der Waals surface area contributed by atoms with E-state index in [0.29, 0.717) is 15.8 Å². The molecule has 5 nitrogen and oxygen atoms in total. The number of amides is 1. The molecule has 0 bridgehead atoms. The second-order valence-electron chi connectivity index (χ2n) is 5.62. The number of carboxylic acid groups (broad SMARTS) is 1. The summed E-state index contributed by atoms with van der Waals surface area (Å²) in [4.78, 5) is 29.8. The zero-order chi connectivity index (χ0) is 18.0. The van der Waals surface area contributed by atoms with Gasteiger partial charge in [0.2, 0.25) is 0 Å². The van der Waals surface area contributed by atoms with Gasteiger partial charge in [-0.2, -0.15) is 0 Å². The molecule has 0 spiro atoms. The number of rotatable bonds is 3. The van der Waals surface area contributed by atoms with Crippen molar-refractivity contribution >= 4 is 40.6 Å². The summed E-state index contributed by atoms with van der Waals surface area (Å²) in [6.07, 6.45) is 1.82. The zero-order valence-corrected chi connectivity index (χ0v) is 14.5. The summed E-state index contributed by atoms with van der Waals surface area (Å²) in [5.41, 5.74) is 2.60. The van der Waals surface area contributed by atoms with Gasteiger partial charge in [0.15, 0.2) is 5.17 Å². The molecule has 6 heteroatoms. The number of benzene rings is 2. The number of amidine groups is 1. The SMILES string of the molecule is Cc1ccc(/C=C2/SC(=Nc3cccc(C(=O)[O-])c3)N(C)C2=O)cc1. The fraction of sp³-hybridized carbons (Fsp3) is 0.105. The molecule has 1 heterocycles. The lowest BCUT2D eigenvalue weighted by Gasteiger charge is -2.08. The van der Waals surface area contributed by atoms with Gasteiger partial charge in [-0.15, -0.1) is 0 Å². The van der Waals surface area contributed by atoms with Crippen molar-refractivity contribution in [1.82, 2.24) is 4.90 Å². The van der Waals surface area contributed by atoms with Gasteiger partial charge >= 0.3 is 0 Å². The standard InChI is InChI=1S/C19H16N2O3S/c1-12-6-8-13(9-7-12)10-16-17(22)21(2)19(25-16)20-15-5-3-4-14(11-15)18(23)24/h3-11H,1-2H3,(H,23,24)/p-1/b16-10+,20-19?. The Morgan fingerprint density at radius 3 is 2.60 bits per heavy atom. The van der Waals surface area contributed by atoms with Crippen molar-refractivity contribution in [3.63, 3.8) is 0 Å². The van der Waals surface area contributed by atoms with E-state index in [1.54, 1.807) is 19.2 Å². The summed E-state index contributed by atoms with van der Waals surface area (Å²) in [6, 6.07) is 14.0. The summed E-state index contributed by atoms with van der Waals surface area (Å²) in [5, 5.41) is 11.4. The van der Waals surface area contributed by atoms with Gasteiger partial charge in [-0.05, 0) is 48.0 Å². The molecule has 1 amide bonds. The van der Waals surface area contributed by atoms with Gasteiger partial charge < -0.3 is 9.90 Å². The van der Waals surface area contributed by atoms with Crippen LogP contribution in [-0.2, 0) is 4.79 Å². The predicted octanol–water partition coefficient (Wildman–Crippen LogP) is 2.59. The quantitative estimate of drug-likeness (QED) is 0.797. The van der Waals surface area contributed by atoms with Crippen LogP contribution in [0.3, 0.4) is 0 Å². The first-order valence-electron chi connectivity index (χ1n) is 7.58. The fourth-order valence-electron chi connectivity index (χ4n) is 2.28. The van der Waals surface area contributed by atoms with E-state index in [0.717, 1.165) is 11.1 Å². The molecule has 0 atom stereocenters. The van der Waals surface area contributed by atoms with Gasteiger partial charge in [0.25, 0.3) is 5.91 Å². The van der Waals surface area contributed by atoms with Crippen LogP contribution < -0.4 is 5.11 Å². The number of hydrogen-bond acceptors (Lipinski definition) is 5. The van der Waals surface area contributed by atoms with Crippen molar-refractivity contribution in [2.45, 2.75) is 6.92 Å². The molecular formula is C19H15N2O3S-. The molecule has 25 heavy (non-hydrogen) atoms. The Balaban J connectivity index is 1.89. The van der Waals surface area contributed by atoms with Crippen molar-refractivity contribution < 1.29 is 14.7 Å². The van der Waals surface area contributed by atoms with E-state index in [-0.39, 0.29) is 11.5 Å². The lowest BCUT2D eigenvalue weighted by atomic mass is 10.1. The second kappa shape index (κ2) is 6.94. The van der Waals surface area contributed by atoms with E-state index in [1.807, 2.05) is 37.3 Å². The largest absolute Gasteiger partial charge is 0.545 e. The molecular weight excluding hydrogens is 336 g/mol. The number of carboxylic acids is 1. The molecule has 0 aromatic heterocycles. The van der Waals surface area contributed by atoms with Crippen LogP contribution in [-0.4, -0.2) is 29.0 Å². The smallest absolute Gasteiger partial charge is 0.266 e. The number of aryl methyl sites for hydroxylation is 1.